The Labute approximate surface area is 213 Å². The summed E-state index contributed by atoms with van der Waals surface area (Å²) in [5.74, 6) is 0.730. The largest absolute Gasteiger partial charge is 0.325 e. The number of aromatic nitrogens is 2. The van der Waals surface area contributed by atoms with Crippen molar-refractivity contribution < 1.29 is 4.79 Å². The zero-order valence-electron chi connectivity index (χ0n) is 20.3. The van der Waals surface area contributed by atoms with Gasteiger partial charge in [0.1, 0.15) is 4.83 Å². The fourth-order valence-corrected chi connectivity index (χ4v) is 7.03. The predicted octanol–water partition coefficient (Wildman–Crippen LogP) is 6.31. The topological polar surface area (TPSA) is 64.0 Å². The number of aryl methyl sites for hydroxylation is 3. The van der Waals surface area contributed by atoms with Gasteiger partial charge in [-0.05, 0) is 67.9 Å². The van der Waals surface area contributed by atoms with Crippen molar-refractivity contribution in [3.63, 3.8) is 0 Å². The Balaban J connectivity index is 1.52. The number of rotatable bonds is 6. The number of thioether (sulfide) groups is 1. The second-order valence-corrected chi connectivity index (χ2v) is 11.2. The van der Waals surface area contributed by atoms with Gasteiger partial charge in [0.2, 0.25) is 5.91 Å². The first kappa shape index (κ1) is 23.8. The Morgan fingerprint density at radius 1 is 1.14 bits per heavy atom. The molecule has 1 N–H and O–H groups in total. The third-order valence-electron chi connectivity index (χ3n) is 6.82. The number of anilines is 1. The van der Waals surface area contributed by atoms with E-state index in [9.17, 15) is 9.59 Å². The van der Waals surface area contributed by atoms with E-state index in [4.69, 9.17) is 4.98 Å². The van der Waals surface area contributed by atoms with Crippen LogP contribution in [0.4, 0.5) is 5.69 Å². The number of carbonyl (C=O) groups excluding carboxylic acids is 1. The molecule has 5 nitrogen and oxygen atoms in total. The van der Waals surface area contributed by atoms with Crippen LogP contribution in [-0.4, -0.2) is 21.2 Å². The van der Waals surface area contributed by atoms with Crippen molar-refractivity contribution in [2.24, 2.45) is 5.92 Å². The van der Waals surface area contributed by atoms with Gasteiger partial charge >= 0.3 is 0 Å². The maximum absolute atomic E-state index is 13.9. The molecule has 4 aromatic rings. The van der Waals surface area contributed by atoms with Crippen LogP contribution in [0.2, 0.25) is 0 Å². The predicted molar refractivity (Wildman–Crippen MR) is 146 cm³/mol. The highest BCUT2D eigenvalue weighted by Gasteiger charge is 2.26. The number of amides is 1. The maximum Gasteiger partial charge on any atom is 0.267 e. The Morgan fingerprint density at radius 2 is 1.89 bits per heavy atom. The number of fused-ring (bicyclic) bond motifs is 3. The number of hydrogen-bond acceptors (Lipinski definition) is 5. The Kier molecular flexibility index (Phi) is 6.80. The van der Waals surface area contributed by atoms with Gasteiger partial charge in [0.05, 0.1) is 16.8 Å². The lowest BCUT2D eigenvalue weighted by atomic mass is 9.86. The molecule has 5 rings (SSSR count). The van der Waals surface area contributed by atoms with Crippen LogP contribution in [0.25, 0.3) is 15.9 Å². The van der Waals surface area contributed by atoms with Crippen LogP contribution in [0.1, 0.15) is 41.3 Å². The molecule has 2 aromatic heterocycles. The van der Waals surface area contributed by atoms with Gasteiger partial charge in [-0.2, -0.15) is 0 Å². The zero-order valence-corrected chi connectivity index (χ0v) is 21.9. The minimum atomic E-state index is -0.113. The summed E-state index contributed by atoms with van der Waals surface area (Å²) in [6, 6.07) is 15.6. The summed E-state index contributed by atoms with van der Waals surface area (Å²) in [6.45, 7) is 6.21. The summed E-state index contributed by atoms with van der Waals surface area (Å²) in [5, 5.41) is 4.35. The molecule has 0 aliphatic heterocycles. The molecular weight excluding hydrogens is 474 g/mol. The van der Waals surface area contributed by atoms with E-state index in [1.54, 1.807) is 15.9 Å². The molecule has 0 unspecified atom stereocenters. The fourth-order valence-electron chi connectivity index (χ4n) is 4.84. The van der Waals surface area contributed by atoms with Gasteiger partial charge in [0, 0.05) is 10.6 Å². The van der Waals surface area contributed by atoms with Crippen LogP contribution >= 0.6 is 23.1 Å². The van der Waals surface area contributed by atoms with E-state index >= 15 is 0 Å². The smallest absolute Gasteiger partial charge is 0.267 e. The third kappa shape index (κ3) is 4.67. The van der Waals surface area contributed by atoms with Gasteiger partial charge in [-0.3, -0.25) is 14.2 Å². The van der Waals surface area contributed by atoms with Crippen molar-refractivity contribution in [1.82, 2.24) is 9.55 Å². The van der Waals surface area contributed by atoms with Gasteiger partial charge < -0.3 is 5.32 Å². The van der Waals surface area contributed by atoms with Crippen LogP contribution in [0.15, 0.2) is 58.5 Å². The molecule has 0 saturated carbocycles. The van der Waals surface area contributed by atoms with Crippen LogP contribution in [0.5, 0.6) is 0 Å². The lowest BCUT2D eigenvalue weighted by molar-refractivity contribution is -0.113. The summed E-state index contributed by atoms with van der Waals surface area (Å²) in [5.41, 5.74) is 4.81. The quantitative estimate of drug-likeness (QED) is 0.247. The molecule has 1 amide bonds. The highest BCUT2D eigenvalue weighted by molar-refractivity contribution is 7.99. The molecule has 0 fully saturated rings. The molecule has 180 valence electrons. The lowest BCUT2D eigenvalue weighted by Gasteiger charge is -2.20. The Hall–Kier alpha value is -2.90. The van der Waals surface area contributed by atoms with Crippen LogP contribution in [0, 0.1) is 19.8 Å². The Bertz CT molecular complexity index is 1440. The van der Waals surface area contributed by atoms with Crippen LogP contribution in [-0.2, 0) is 17.6 Å². The molecule has 35 heavy (non-hydrogen) atoms. The lowest BCUT2D eigenvalue weighted by Crippen LogP contribution is -2.23. The molecule has 2 aromatic carbocycles. The minimum absolute atomic E-state index is 0.0358. The molecule has 0 radical (unpaired) electrons. The summed E-state index contributed by atoms with van der Waals surface area (Å²) < 4.78 is 1.68. The van der Waals surface area contributed by atoms with Gasteiger partial charge in [-0.15, -0.1) is 11.3 Å². The van der Waals surface area contributed by atoms with Crippen molar-refractivity contribution in [3.8, 4) is 5.69 Å². The molecule has 2 heterocycles. The number of carbonyl (C=O) groups is 1. The first-order valence-electron chi connectivity index (χ1n) is 12.1. The van der Waals surface area contributed by atoms with E-state index < -0.39 is 0 Å². The molecule has 0 spiro atoms. The van der Waals surface area contributed by atoms with E-state index in [2.05, 4.69) is 12.2 Å². The molecule has 1 atom stereocenters. The average Bonchev–Trinajstić information content (AvgIpc) is 3.23. The number of hydrogen-bond donors (Lipinski definition) is 1. The van der Waals surface area contributed by atoms with Gasteiger partial charge in [-0.25, -0.2) is 4.98 Å². The van der Waals surface area contributed by atoms with E-state index in [-0.39, 0.29) is 17.2 Å². The SMILES string of the molecule is CC[C@@H]1CCc2c(sc3nc(SCC(=O)Nc4c(C)cccc4C)n(-c4ccccc4)c(=O)c23)C1. The van der Waals surface area contributed by atoms with Gasteiger partial charge in [0.25, 0.3) is 5.56 Å². The highest BCUT2D eigenvalue weighted by Crippen LogP contribution is 2.38. The van der Waals surface area contributed by atoms with Crippen molar-refractivity contribution in [1.29, 1.82) is 0 Å². The second kappa shape index (κ2) is 9.99. The van der Waals surface area contributed by atoms with Gasteiger partial charge in [-0.1, -0.05) is 61.5 Å². The van der Waals surface area contributed by atoms with E-state index in [1.807, 2.05) is 62.4 Å². The number of para-hydroxylation sites is 2. The maximum atomic E-state index is 13.9. The van der Waals surface area contributed by atoms with Crippen molar-refractivity contribution in [2.45, 2.75) is 51.6 Å². The van der Waals surface area contributed by atoms with Crippen molar-refractivity contribution in [3.05, 3.63) is 80.5 Å². The fraction of sp³-hybridized carbons (Fsp3) is 0.321. The molecule has 7 heteroatoms. The first-order chi connectivity index (χ1) is 17.0. The molecule has 1 aliphatic rings. The van der Waals surface area contributed by atoms with E-state index in [1.165, 1.54) is 22.2 Å². The zero-order chi connectivity index (χ0) is 24.5. The minimum Gasteiger partial charge on any atom is -0.325 e. The van der Waals surface area contributed by atoms with Crippen LogP contribution in [0.3, 0.4) is 0 Å². The average molecular weight is 504 g/mol. The first-order valence-corrected chi connectivity index (χ1v) is 13.9. The van der Waals surface area contributed by atoms with Crippen molar-refractivity contribution in [2.75, 3.05) is 11.1 Å². The summed E-state index contributed by atoms with van der Waals surface area (Å²) in [4.78, 5) is 33.8. The van der Waals surface area contributed by atoms with Crippen LogP contribution < -0.4 is 10.9 Å². The summed E-state index contributed by atoms with van der Waals surface area (Å²) >= 11 is 2.96. The van der Waals surface area contributed by atoms with Crippen molar-refractivity contribution >= 4 is 44.9 Å². The summed E-state index contributed by atoms with van der Waals surface area (Å²) in [6.07, 6.45) is 4.24. The van der Waals surface area contributed by atoms with Gasteiger partial charge in [0.15, 0.2) is 5.16 Å². The summed E-state index contributed by atoms with van der Waals surface area (Å²) in [7, 11) is 0. The standard InChI is InChI=1S/C28H29N3O2S2/c1-4-19-13-14-21-22(15-19)35-26-24(21)27(33)31(20-11-6-5-7-12-20)28(30-26)34-16-23(32)29-25-17(2)9-8-10-18(25)3/h5-12,19H,4,13-16H2,1-3H3,(H,29,32)/t19-/m1/s1. The number of nitrogens with one attached hydrogen (secondary N) is 1. The number of benzene rings is 2. The monoisotopic (exact) mass is 503 g/mol. The van der Waals surface area contributed by atoms with E-state index in [0.717, 1.165) is 58.4 Å². The highest BCUT2D eigenvalue weighted by atomic mass is 32.2. The molecule has 0 saturated heterocycles. The second-order valence-electron chi connectivity index (χ2n) is 9.18. The molecule has 1 aliphatic carbocycles. The molecular formula is C28H29N3O2S2. The number of thiophene rings is 1. The third-order valence-corrected chi connectivity index (χ3v) is 8.91. The Morgan fingerprint density at radius 3 is 2.60 bits per heavy atom. The molecule has 0 bridgehead atoms. The van der Waals surface area contributed by atoms with E-state index in [0.29, 0.717) is 11.1 Å². The number of nitrogens with zero attached hydrogens (tertiary/aromatic N) is 2. The normalized spacial score (nSPS) is 15.2.